The van der Waals surface area contributed by atoms with E-state index in [9.17, 15) is 14.9 Å². The molecule has 11 heteroatoms. The van der Waals surface area contributed by atoms with Crippen molar-refractivity contribution in [3.8, 4) is 6.07 Å². The molecule has 2 fully saturated rings. The van der Waals surface area contributed by atoms with E-state index >= 15 is 0 Å². The van der Waals surface area contributed by atoms with Crippen molar-refractivity contribution in [3.05, 3.63) is 82.2 Å². The molecule has 0 spiro atoms. The molecule has 0 radical (unpaired) electrons. The summed E-state index contributed by atoms with van der Waals surface area (Å²) >= 11 is 0. The Hall–Kier alpha value is -4.56. The summed E-state index contributed by atoms with van der Waals surface area (Å²) < 4.78 is 0. The number of hydrogen-bond acceptors (Lipinski definition) is 8. The van der Waals surface area contributed by atoms with E-state index in [2.05, 4.69) is 67.4 Å². The van der Waals surface area contributed by atoms with Crippen LogP contribution in [0.5, 0.6) is 0 Å². The van der Waals surface area contributed by atoms with E-state index in [1.54, 1.807) is 11.9 Å². The fourth-order valence-electron chi connectivity index (χ4n) is 7.11. The lowest BCUT2D eigenvalue weighted by Crippen LogP contribution is -2.47. The molecule has 2 amide bonds. The van der Waals surface area contributed by atoms with Gasteiger partial charge in [0, 0.05) is 37.9 Å². The zero-order valence-corrected chi connectivity index (χ0v) is 25.3. The molecule has 0 bridgehead atoms. The van der Waals surface area contributed by atoms with Crippen molar-refractivity contribution in [3.63, 3.8) is 0 Å². The number of H-pyrrole nitrogens is 1. The van der Waals surface area contributed by atoms with Gasteiger partial charge in [0.05, 0.1) is 18.0 Å². The molecule has 2 aromatic carbocycles. The maximum Gasteiger partial charge on any atom is 0.251 e. The number of fused-ring (bicyclic) bond motifs is 2. The molecule has 1 aliphatic heterocycles. The summed E-state index contributed by atoms with van der Waals surface area (Å²) in [6, 6.07) is 14.2. The number of rotatable bonds is 10. The van der Waals surface area contributed by atoms with Gasteiger partial charge in [0.25, 0.3) is 5.91 Å². The molecule has 1 saturated heterocycles. The molecule has 3 aliphatic rings. The number of nitriles is 1. The number of benzene rings is 2. The van der Waals surface area contributed by atoms with Crippen LogP contribution in [0.25, 0.3) is 5.70 Å². The summed E-state index contributed by atoms with van der Waals surface area (Å²) in [7, 11) is 3.50. The number of nitrogens with zero attached hydrogens (tertiary/aromatic N) is 5. The number of nitrogens with one attached hydrogen (secondary N) is 4. The van der Waals surface area contributed by atoms with Gasteiger partial charge in [-0.2, -0.15) is 10.5 Å². The van der Waals surface area contributed by atoms with Crippen molar-refractivity contribution in [1.82, 2.24) is 41.5 Å². The number of amides is 2. The molecule has 2 unspecified atom stereocenters. The number of aromatic nitrogens is 4. The van der Waals surface area contributed by atoms with Crippen LogP contribution in [0.3, 0.4) is 0 Å². The van der Waals surface area contributed by atoms with Gasteiger partial charge in [0.1, 0.15) is 6.04 Å². The summed E-state index contributed by atoms with van der Waals surface area (Å²) in [5.74, 6) is 0.763. The minimum atomic E-state index is -0.805. The molecule has 228 valence electrons. The molecule has 2 heterocycles. The van der Waals surface area contributed by atoms with Crippen LogP contribution in [-0.4, -0.2) is 76.6 Å². The van der Waals surface area contributed by atoms with Gasteiger partial charge in [0.2, 0.25) is 5.91 Å². The highest BCUT2D eigenvalue weighted by molar-refractivity contribution is 5.94. The Kier molecular flexibility index (Phi) is 8.19. The predicted molar refractivity (Wildman–Crippen MR) is 165 cm³/mol. The normalized spacial score (nSPS) is 21.4. The lowest BCUT2D eigenvalue weighted by atomic mass is 9.67. The Morgan fingerprint density at radius 1 is 1.09 bits per heavy atom. The number of aromatic amines is 1. The summed E-state index contributed by atoms with van der Waals surface area (Å²) in [4.78, 5) is 27.7. The van der Waals surface area contributed by atoms with Gasteiger partial charge in [-0.3, -0.25) is 9.59 Å². The van der Waals surface area contributed by atoms with E-state index in [0.29, 0.717) is 30.3 Å². The zero-order chi connectivity index (χ0) is 30.8. The van der Waals surface area contributed by atoms with Crippen LogP contribution in [0.15, 0.2) is 43.0 Å². The third kappa shape index (κ3) is 5.35. The van der Waals surface area contributed by atoms with Crippen LogP contribution in [-0.2, 0) is 23.1 Å². The molecular formula is C33H39N9O2. The number of likely N-dealkylation sites (tertiary alicyclic amines) is 1. The summed E-state index contributed by atoms with van der Waals surface area (Å²) in [6.45, 7) is 4.97. The number of aryl methyl sites for hydroxylation is 2. The van der Waals surface area contributed by atoms with Gasteiger partial charge >= 0.3 is 0 Å². The van der Waals surface area contributed by atoms with Crippen molar-refractivity contribution >= 4 is 17.5 Å². The molecule has 3 aromatic rings. The smallest absolute Gasteiger partial charge is 0.251 e. The van der Waals surface area contributed by atoms with E-state index in [0.717, 1.165) is 72.0 Å². The largest absolute Gasteiger partial charge is 0.388 e. The van der Waals surface area contributed by atoms with E-state index in [1.165, 1.54) is 0 Å². The van der Waals surface area contributed by atoms with Gasteiger partial charge in [-0.15, -0.1) is 10.2 Å². The first-order valence-electron chi connectivity index (χ1n) is 15.4. The van der Waals surface area contributed by atoms with Crippen molar-refractivity contribution < 1.29 is 9.59 Å². The van der Waals surface area contributed by atoms with Crippen molar-refractivity contribution in [2.45, 2.75) is 62.4 Å². The lowest BCUT2D eigenvalue weighted by Gasteiger charge is -2.37. The quantitative estimate of drug-likeness (QED) is 0.280. The number of tetrazole rings is 1. The van der Waals surface area contributed by atoms with Crippen molar-refractivity contribution in [1.29, 1.82) is 5.26 Å². The minimum Gasteiger partial charge on any atom is -0.388 e. The Bertz CT molecular complexity index is 1540. The summed E-state index contributed by atoms with van der Waals surface area (Å²) in [6.07, 6.45) is 5.79. The highest BCUT2D eigenvalue weighted by atomic mass is 16.2. The SMILES string of the molecule is C=C(NC)c1ccc2c(c1)CCc1cc(C(=O)NC)ccc1C2(C[C@@H](NCC(=O)N1CCCC1C#N)C1CC1)c1nn[nH]n1. The molecular weight excluding hydrogens is 554 g/mol. The predicted octanol–water partition coefficient (Wildman–Crippen LogP) is 2.46. The van der Waals surface area contributed by atoms with Crippen LogP contribution < -0.4 is 16.0 Å². The zero-order valence-electron chi connectivity index (χ0n) is 25.3. The Morgan fingerprint density at radius 3 is 2.41 bits per heavy atom. The second-order valence-corrected chi connectivity index (χ2v) is 12.1. The second-order valence-electron chi connectivity index (χ2n) is 12.1. The number of carbonyl (C=O) groups is 2. The van der Waals surface area contributed by atoms with Gasteiger partial charge in [0.15, 0.2) is 5.82 Å². The standard InChI is InChI=1S/C33H39N9O2/c1-20(35-2)22-10-12-27-23(15-22)8-9-24-16-25(31(44)36-3)11-13-28(24)33(27,32-38-40-41-39-32)17-29(21-6-7-21)37-19-30(43)42-14-4-5-26(42)18-34/h10-13,15-16,21,26,29,35,37H,1,4-9,14,17,19H2,2-3H3,(H,36,44)(H,38,39,40,41)/t26?,29-,33?/m1/s1. The Labute approximate surface area is 257 Å². The highest BCUT2D eigenvalue weighted by Crippen LogP contribution is 2.49. The van der Waals surface area contributed by atoms with Crippen LogP contribution >= 0.6 is 0 Å². The minimum absolute atomic E-state index is 0.0232. The van der Waals surface area contributed by atoms with E-state index in [-0.39, 0.29) is 30.4 Å². The molecule has 1 saturated carbocycles. The molecule has 4 N–H and O–H groups in total. The van der Waals surface area contributed by atoms with Gasteiger partial charge in [-0.05, 0) is 96.9 Å². The van der Waals surface area contributed by atoms with E-state index < -0.39 is 5.41 Å². The monoisotopic (exact) mass is 593 g/mol. The molecule has 44 heavy (non-hydrogen) atoms. The van der Waals surface area contributed by atoms with Gasteiger partial charge < -0.3 is 20.9 Å². The van der Waals surface area contributed by atoms with Crippen LogP contribution in [0.2, 0.25) is 0 Å². The molecule has 2 aliphatic carbocycles. The molecule has 3 atom stereocenters. The van der Waals surface area contributed by atoms with E-state index in [1.807, 2.05) is 25.2 Å². The molecule has 6 rings (SSSR count). The first kappa shape index (κ1) is 29.5. The summed E-state index contributed by atoms with van der Waals surface area (Å²) in [5.41, 5.74) is 5.96. The fraction of sp³-hybridized carbons (Fsp3) is 0.455. The van der Waals surface area contributed by atoms with Gasteiger partial charge in [-0.1, -0.05) is 30.0 Å². The number of hydrogen-bond donors (Lipinski definition) is 4. The highest BCUT2D eigenvalue weighted by Gasteiger charge is 2.48. The Balaban J connectivity index is 1.46. The van der Waals surface area contributed by atoms with E-state index in [4.69, 9.17) is 0 Å². The van der Waals surface area contributed by atoms with Crippen LogP contribution in [0, 0.1) is 17.2 Å². The average molecular weight is 594 g/mol. The second kappa shape index (κ2) is 12.2. The maximum atomic E-state index is 13.3. The van der Waals surface area contributed by atoms with Crippen molar-refractivity contribution in [2.24, 2.45) is 5.92 Å². The lowest BCUT2D eigenvalue weighted by molar-refractivity contribution is -0.130. The first-order chi connectivity index (χ1) is 21.4. The topological polar surface area (TPSA) is 152 Å². The molecule has 1 aromatic heterocycles. The summed E-state index contributed by atoms with van der Waals surface area (Å²) in [5, 5.41) is 35.0. The third-order valence-electron chi connectivity index (χ3n) is 9.62. The average Bonchev–Trinajstić information content (AvgIpc) is 3.56. The fourth-order valence-corrected chi connectivity index (χ4v) is 7.11. The third-order valence-corrected chi connectivity index (χ3v) is 9.62. The van der Waals surface area contributed by atoms with Crippen LogP contribution in [0.4, 0.5) is 0 Å². The van der Waals surface area contributed by atoms with Gasteiger partial charge in [-0.25, -0.2) is 0 Å². The Morgan fingerprint density at radius 2 is 1.80 bits per heavy atom. The van der Waals surface area contributed by atoms with Crippen molar-refractivity contribution in [2.75, 3.05) is 27.2 Å². The van der Waals surface area contributed by atoms with Crippen LogP contribution in [0.1, 0.15) is 76.1 Å². The number of carbonyl (C=O) groups excluding carboxylic acids is 2. The molecule has 11 nitrogen and oxygen atoms in total. The first-order valence-corrected chi connectivity index (χ1v) is 15.4. The maximum absolute atomic E-state index is 13.3.